The predicted molar refractivity (Wildman–Crippen MR) is 60.4 cm³/mol. The first-order valence-electron chi connectivity index (χ1n) is 4.85. The second kappa shape index (κ2) is 5.11. The van der Waals surface area contributed by atoms with Crippen LogP contribution in [0.15, 0.2) is 24.3 Å². The maximum atomic E-state index is 11.4. The van der Waals surface area contributed by atoms with Crippen LogP contribution in [0.2, 0.25) is 0 Å². The zero-order valence-electron chi connectivity index (χ0n) is 9.14. The van der Waals surface area contributed by atoms with Crippen molar-refractivity contribution in [1.82, 2.24) is 0 Å². The number of nitrogens with two attached hydrogens (primary N) is 1. The average Bonchev–Trinajstić information content (AvgIpc) is 2.28. The largest absolute Gasteiger partial charge is 0.481 e. The molecule has 0 radical (unpaired) electrons. The van der Waals surface area contributed by atoms with Crippen LogP contribution in [0.3, 0.4) is 0 Å². The fourth-order valence-corrected chi connectivity index (χ4v) is 1.08. The Hall–Kier alpha value is -2.37. The Morgan fingerprint density at radius 2 is 1.76 bits per heavy atom. The summed E-state index contributed by atoms with van der Waals surface area (Å²) in [5.74, 6) is -3.52. The second-order valence-electron chi connectivity index (χ2n) is 3.49. The first-order valence-corrected chi connectivity index (χ1v) is 4.85. The molecule has 1 aromatic carbocycles. The molecule has 1 unspecified atom stereocenters. The van der Waals surface area contributed by atoms with Gasteiger partial charge in [0.05, 0.1) is 0 Å². The van der Waals surface area contributed by atoms with E-state index in [-0.39, 0.29) is 0 Å². The van der Waals surface area contributed by atoms with Crippen LogP contribution in [-0.4, -0.2) is 22.9 Å². The maximum absolute atomic E-state index is 11.4. The molecule has 4 N–H and O–H groups in total. The number of nitrogens with one attached hydrogen (secondary N) is 1. The van der Waals surface area contributed by atoms with Crippen molar-refractivity contribution in [3.05, 3.63) is 29.8 Å². The highest BCUT2D eigenvalue weighted by Crippen LogP contribution is 2.10. The smallest absolute Gasteiger partial charge is 0.315 e. The molecule has 1 aromatic rings. The molecule has 0 aromatic heterocycles. The first-order chi connectivity index (χ1) is 7.91. The number of benzene rings is 1. The third kappa shape index (κ3) is 3.30. The van der Waals surface area contributed by atoms with Gasteiger partial charge < -0.3 is 16.2 Å². The Morgan fingerprint density at radius 1 is 1.24 bits per heavy atom. The molecule has 0 fully saturated rings. The number of aliphatic carboxylic acids is 1. The van der Waals surface area contributed by atoms with Gasteiger partial charge in [-0.2, -0.15) is 0 Å². The van der Waals surface area contributed by atoms with Gasteiger partial charge >= 0.3 is 5.97 Å². The van der Waals surface area contributed by atoms with Crippen molar-refractivity contribution >= 4 is 23.5 Å². The van der Waals surface area contributed by atoms with E-state index in [1.807, 2.05) is 0 Å². The Morgan fingerprint density at radius 3 is 2.18 bits per heavy atom. The standard InChI is InChI=1S/C11H12N2O4/c1-6(11(16)17)10(15)13-8-4-2-7(3-5-8)9(12)14/h2-6H,1H3,(H2,12,14)(H,13,15)(H,16,17). The number of anilines is 1. The normalized spacial score (nSPS) is 11.6. The topological polar surface area (TPSA) is 109 Å². The molecule has 6 nitrogen and oxygen atoms in total. The summed E-state index contributed by atoms with van der Waals surface area (Å²) in [5.41, 5.74) is 5.77. The van der Waals surface area contributed by atoms with Crippen LogP contribution >= 0.6 is 0 Å². The third-order valence-electron chi connectivity index (χ3n) is 2.20. The zero-order valence-corrected chi connectivity index (χ0v) is 9.14. The van der Waals surface area contributed by atoms with Gasteiger partial charge in [0.2, 0.25) is 11.8 Å². The summed E-state index contributed by atoms with van der Waals surface area (Å²) in [5, 5.41) is 11.0. The SMILES string of the molecule is CC(C(=O)O)C(=O)Nc1ccc(C(N)=O)cc1. The lowest BCUT2D eigenvalue weighted by molar-refractivity contribution is -0.144. The maximum Gasteiger partial charge on any atom is 0.315 e. The summed E-state index contributed by atoms with van der Waals surface area (Å²) in [6.07, 6.45) is 0. The highest BCUT2D eigenvalue weighted by Gasteiger charge is 2.20. The number of carboxylic acid groups (broad SMARTS) is 1. The zero-order chi connectivity index (χ0) is 13.0. The van der Waals surface area contributed by atoms with Crippen molar-refractivity contribution in [2.45, 2.75) is 6.92 Å². The molecule has 0 aliphatic rings. The van der Waals surface area contributed by atoms with Gasteiger partial charge in [-0.1, -0.05) is 0 Å². The molecule has 1 atom stereocenters. The van der Waals surface area contributed by atoms with Crippen LogP contribution in [0.4, 0.5) is 5.69 Å². The Labute approximate surface area is 97.4 Å². The average molecular weight is 236 g/mol. The number of carboxylic acids is 1. The first kappa shape index (κ1) is 12.7. The summed E-state index contributed by atoms with van der Waals surface area (Å²) < 4.78 is 0. The van der Waals surface area contributed by atoms with Crippen LogP contribution < -0.4 is 11.1 Å². The quantitative estimate of drug-likeness (QED) is 0.659. The molecule has 0 heterocycles. The van der Waals surface area contributed by atoms with E-state index in [0.717, 1.165) is 0 Å². The molecule has 0 aliphatic heterocycles. The van der Waals surface area contributed by atoms with Crippen molar-refractivity contribution in [3.8, 4) is 0 Å². The molecule has 0 bridgehead atoms. The Bertz CT molecular complexity index is 453. The number of hydrogen-bond acceptors (Lipinski definition) is 3. The summed E-state index contributed by atoms with van der Waals surface area (Å²) in [6.45, 7) is 1.29. The summed E-state index contributed by atoms with van der Waals surface area (Å²) in [4.78, 5) is 32.7. The van der Waals surface area contributed by atoms with Crippen LogP contribution in [0.1, 0.15) is 17.3 Å². The van der Waals surface area contributed by atoms with E-state index < -0.39 is 23.7 Å². The lowest BCUT2D eigenvalue weighted by Gasteiger charge is -2.08. The van der Waals surface area contributed by atoms with E-state index in [4.69, 9.17) is 10.8 Å². The minimum atomic E-state index is -1.20. The number of primary amides is 1. The molecule has 6 heteroatoms. The molecule has 0 saturated heterocycles. The van der Waals surface area contributed by atoms with Crippen LogP contribution in [0.25, 0.3) is 0 Å². The summed E-state index contributed by atoms with van der Waals surface area (Å²) >= 11 is 0. The third-order valence-corrected chi connectivity index (χ3v) is 2.20. The molecular weight excluding hydrogens is 224 g/mol. The fraction of sp³-hybridized carbons (Fsp3) is 0.182. The van der Waals surface area contributed by atoms with E-state index in [1.54, 1.807) is 0 Å². The van der Waals surface area contributed by atoms with Crippen LogP contribution in [0, 0.1) is 5.92 Å². The minimum Gasteiger partial charge on any atom is -0.481 e. The van der Waals surface area contributed by atoms with Gasteiger partial charge in [-0.25, -0.2) is 0 Å². The van der Waals surface area contributed by atoms with Gasteiger partial charge in [0.25, 0.3) is 0 Å². The number of carbonyl (C=O) groups is 3. The van der Waals surface area contributed by atoms with Crippen molar-refractivity contribution in [2.75, 3.05) is 5.32 Å². The van der Waals surface area contributed by atoms with E-state index in [0.29, 0.717) is 11.3 Å². The van der Waals surface area contributed by atoms with Crippen molar-refractivity contribution in [1.29, 1.82) is 0 Å². The van der Waals surface area contributed by atoms with Crippen molar-refractivity contribution in [3.63, 3.8) is 0 Å². The second-order valence-corrected chi connectivity index (χ2v) is 3.49. The summed E-state index contributed by atoms with van der Waals surface area (Å²) in [7, 11) is 0. The monoisotopic (exact) mass is 236 g/mol. The number of amides is 2. The minimum absolute atomic E-state index is 0.314. The van der Waals surface area contributed by atoms with E-state index in [1.165, 1.54) is 31.2 Å². The molecule has 0 spiro atoms. The van der Waals surface area contributed by atoms with Gasteiger partial charge in [-0.15, -0.1) is 0 Å². The van der Waals surface area contributed by atoms with Gasteiger partial charge in [0.15, 0.2) is 0 Å². The fourth-order valence-electron chi connectivity index (χ4n) is 1.08. The van der Waals surface area contributed by atoms with E-state index >= 15 is 0 Å². The Balaban J connectivity index is 2.73. The lowest BCUT2D eigenvalue weighted by Crippen LogP contribution is -2.26. The van der Waals surface area contributed by atoms with E-state index in [9.17, 15) is 14.4 Å². The van der Waals surface area contributed by atoms with Crippen molar-refractivity contribution < 1.29 is 19.5 Å². The van der Waals surface area contributed by atoms with Gasteiger partial charge in [0.1, 0.15) is 5.92 Å². The molecule has 2 amide bonds. The number of carbonyl (C=O) groups excluding carboxylic acids is 2. The number of rotatable bonds is 4. The lowest BCUT2D eigenvalue weighted by atomic mass is 10.1. The molecular formula is C11H12N2O4. The van der Waals surface area contributed by atoms with Gasteiger partial charge in [-0.3, -0.25) is 14.4 Å². The van der Waals surface area contributed by atoms with Crippen LogP contribution in [0.5, 0.6) is 0 Å². The predicted octanol–water partition coefficient (Wildman–Crippen LogP) is 0.445. The van der Waals surface area contributed by atoms with Crippen molar-refractivity contribution in [2.24, 2.45) is 11.7 Å². The van der Waals surface area contributed by atoms with Gasteiger partial charge in [0, 0.05) is 11.3 Å². The molecule has 0 saturated carbocycles. The highest BCUT2D eigenvalue weighted by molar-refractivity contribution is 6.04. The van der Waals surface area contributed by atoms with Crippen LogP contribution in [-0.2, 0) is 9.59 Å². The number of hydrogen-bond donors (Lipinski definition) is 3. The Kier molecular flexibility index (Phi) is 3.82. The highest BCUT2D eigenvalue weighted by atomic mass is 16.4. The summed E-state index contributed by atoms with van der Waals surface area (Å²) in [6, 6.07) is 5.85. The molecule has 90 valence electrons. The molecule has 1 rings (SSSR count). The molecule has 17 heavy (non-hydrogen) atoms. The van der Waals surface area contributed by atoms with E-state index in [2.05, 4.69) is 5.32 Å². The van der Waals surface area contributed by atoms with Gasteiger partial charge in [-0.05, 0) is 31.2 Å². The molecule has 0 aliphatic carbocycles.